The summed E-state index contributed by atoms with van der Waals surface area (Å²) in [6, 6.07) is 14.8. The average Bonchev–Trinajstić information content (AvgIpc) is 2.98. The maximum absolute atomic E-state index is 13.6. The van der Waals surface area contributed by atoms with Crippen LogP contribution in [-0.2, 0) is 11.3 Å². The summed E-state index contributed by atoms with van der Waals surface area (Å²) in [7, 11) is 2.09. The lowest BCUT2D eigenvalue weighted by Crippen LogP contribution is -2.43. The highest BCUT2D eigenvalue weighted by Crippen LogP contribution is 2.34. The van der Waals surface area contributed by atoms with Crippen molar-refractivity contribution in [3.63, 3.8) is 0 Å². The first-order valence-corrected chi connectivity index (χ1v) is 10.3. The molecule has 7 heteroatoms. The second kappa shape index (κ2) is 8.85. The minimum Gasteiger partial charge on any atom is -0.491 e. The average molecular weight is 409 g/mol. The number of hydrogen-bond donors (Lipinski definition) is 2. The lowest BCUT2D eigenvalue weighted by Gasteiger charge is -2.35. The molecule has 2 aliphatic rings. The topological polar surface area (TPSA) is 82.1 Å². The van der Waals surface area contributed by atoms with Gasteiger partial charge in [-0.25, -0.2) is 5.48 Å². The van der Waals surface area contributed by atoms with Crippen molar-refractivity contribution in [1.82, 2.24) is 15.3 Å². The number of piperidine rings is 1. The van der Waals surface area contributed by atoms with E-state index in [0.717, 1.165) is 37.1 Å². The number of rotatable bonds is 3. The fourth-order valence-corrected chi connectivity index (χ4v) is 4.25. The smallest absolute Gasteiger partial charge is 0.274 e. The van der Waals surface area contributed by atoms with Crippen LogP contribution in [0.2, 0.25) is 0 Å². The number of amides is 2. The number of carbonyl (C=O) groups is 2. The Morgan fingerprint density at radius 3 is 2.53 bits per heavy atom. The molecular formula is C23H27N3O4. The van der Waals surface area contributed by atoms with Crippen LogP contribution in [0.5, 0.6) is 5.75 Å². The van der Waals surface area contributed by atoms with Crippen molar-refractivity contribution < 1.29 is 19.5 Å². The van der Waals surface area contributed by atoms with Gasteiger partial charge in [0.25, 0.3) is 5.91 Å². The highest BCUT2D eigenvalue weighted by atomic mass is 16.5. The van der Waals surface area contributed by atoms with E-state index in [1.54, 1.807) is 23.7 Å². The molecular weight excluding hydrogens is 382 g/mol. The van der Waals surface area contributed by atoms with Crippen LogP contribution in [0.15, 0.2) is 48.5 Å². The molecule has 158 valence electrons. The van der Waals surface area contributed by atoms with Gasteiger partial charge in [-0.3, -0.25) is 14.8 Å². The van der Waals surface area contributed by atoms with Gasteiger partial charge in [0.15, 0.2) is 0 Å². The van der Waals surface area contributed by atoms with Crippen molar-refractivity contribution in [2.75, 3.05) is 26.7 Å². The zero-order valence-corrected chi connectivity index (χ0v) is 17.1. The van der Waals surface area contributed by atoms with Crippen molar-refractivity contribution in [2.24, 2.45) is 5.92 Å². The van der Waals surface area contributed by atoms with E-state index in [9.17, 15) is 9.59 Å². The lowest BCUT2D eigenvalue weighted by atomic mass is 9.93. The van der Waals surface area contributed by atoms with E-state index in [4.69, 9.17) is 9.94 Å². The molecule has 2 heterocycles. The second-order valence-corrected chi connectivity index (χ2v) is 8.04. The molecule has 2 aromatic rings. The fraction of sp³-hybridized carbons (Fsp3) is 0.391. The summed E-state index contributed by atoms with van der Waals surface area (Å²) in [5.74, 6) is 0.138. The normalized spacial score (nSPS) is 20.1. The predicted molar refractivity (Wildman–Crippen MR) is 111 cm³/mol. The largest absolute Gasteiger partial charge is 0.491 e. The van der Waals surface area contributed by atoms with Gasteiger partial charge in [-0.15, -0.1) is 0 Å². The number of nitrogens with zero attached hydrogens (tertiary/aromatic N) is 2. The second-order valence-electron chi connectivity index (χ2n) is 8.04. The molecule has 2 aromatic carbocycles. The maximum Gasteiger partial charge on any atom is 0.274 e. The van der Waals surface area contributed by atoms with Gasteiger partial charge in [0.1, 0.15) is 12.4 Å². The van der Waals surface area contributed by atoms with Crippen LogP contribution in [0, 0.1) is 5.92 Å². The number of likely N-dealkylation sites (tertiary alicyclic amines) is 1. The molecule has 1 atom stereocenters. The molecule has 0 spiro atoms. The third-order valence-electron chi connectivity index (χ3n) is 6.08. The molecule has 0 radical (unpaired) electrons. The summed E-state index contributed by atoms with van der Waals surface area (Å²) in [5, 5.41) is 8.92. The monoisotopic (exact) mass is 409 g/mol. The number of benzene rings is 2. The Kier molecular flexibility index (Phi) is 6.01. The summed E-state index contributed by atoms with van der Waals surface area (Å²) in [5.41, 5.74) is 3.84. The van der Waals surface area contributed by atoms with E-state index >= 15 is 0 Å². The van der Waals surface area contributed by atoms with Crippen molar-refractivity contribution in [3.05, 3.63) is 65.2 Å². The van der Waals surface area contributed by atoms with Crippen molar-refractivity contribution in [3.8, 4) is 5.75 Å². The van der Waals surface area contributed by atoms with E-state index in [2.05, 4.69) is 11.9 Å². The number of hydrogen-bond acceptors (Lipinski definition) is 5. The Bertz CT molecular complexity index is 910. The van der Waals surface area contributed by atoms with Gasteiger partial charge in [-0.05, 0) is 50.7 Å². The summed E-state index contributed by atoms with van der Waals surface area (Å²) >= 11 is 0. The molecule has 0 bridgehead atoms. The Balaban J connectivity index is 1.66. The zero-order valence-electron chi connectivity index (χ0n) is 17.1. The molecule has 7 nitrogen and oxygen atoms in total. The molecule has 1 unspecified atom stereocenters. The summed E-state index contributed by atoms with van der Waals surface area (Å²) in [6.45, 7) is 2.57. The minimum atomic E-state index is -0.593. The molecule has 2 amide bonds. The number of nitrogens with one attached hydrogen (secondary N) is 1. The molecule has 1 saturated heterocycles. The van der Waals surface area contributed by atoms with E-state index in [-0.39, 0.29) is 17.9 Å². The lowest BCUT2D eigenvalue weighted by molar-refractivity contribution is -0.140. The van der Waals surface area contributed by atoms with Gasteiger partial charge in [-0.1, -0.05) is 36.4 Å². The van der Waals surface area contributed by atoms with E-state index in [1.807, 2.05) is 35.2 Å². The Morgan fingerprint density at radius 2 is 1.83 bits per heavy atom. The van der Waals surface area contributed by atoms with Crippen molar-refractivity contribution >= 4 is 11.8 Å². The highest BCUT2D eigenvalue weighted by Gasteiger charge is 2.35. The minimum absolute atomic E-state index is 0.00778. The SMILES string of the molecule is CN1CCC(C(=O)N2Cc3ccc(C(=O)NO)cc3OCC2c2ccccc2)CC1. The Labute approximate surface area is 176 Å². The van der Waals surface area contributed by atoms with Gasteiger partial charge < -0.3 is 14.5 Å². The van der Waals surface area contributed by atoms with Crippen LogP contribution in [0.1, 0.15) is 40.4 Å². The van der Waals surface area contributed by atoms with Crippen LogP contribution in [0.3, 0.4) is 0 Å². The number of ether oxygens (including phenoxy) is 1. The van der Waals surface area contributed by atoms with Gasteiger partial charge in [0, 0.05) is 17.0 Å². The third-order valence-corrected chi connectivity index (χ3v) is 6.08. The van der Waals surface area contributed by atoms with Crippen LogP contribution in [0.25, 0.3) is 0 Å². The first-order chi connectivity index (χ1) is 14.6. The van der Waals surface area contributed by atoms with E-state index < -0.39 is 5.91 Å². The molecule has 0 aromatic heterocycles. The summed E-state index contributed by atoms with van der Waals surface area (Å²) in [6.07, 6.45) is 1.72. The zero-order chi connectivity index (χ0) is 21.1. The fourth-order valence-electron chi connectivity index (χ4n) is 4.25. The van der Waals surface area contributed by atoms with Crippen LogP contribution < -0.4 is 10.2 Å². The molecule has 2 N–H and O–H groups in total. The number of fused-ring (bicyclic) bond motifs is 1. The van der Waals surface area contributed by atoms with Gasteiger partial charge in [0.2, 0.25) is 5.91 Å². The third kappa shape index (κ3) is 4.17. The summed E-state index contributed by atoms with van der Waals surface area (Å²) < 4.78 is 6.07. The Morgan fingerprint density at radius 1 is 1.10 bits per heavy atom. The molecule has 1 fully saturated rings. The molecule has 30 heavy (non-hydrogen) atoms. The van der Waals surface area contributed by atoms with E-state index in [1.165, 1.54) is 0 Å². The highest BCUT2D eigenvalue weighted by molar-refractivity contribution is 5.93. The summed E-state index contributed by atoms with van der Waals surface area (Å²) in [4.78, 5) is 29.6. The van der Waals surface area contributed by atoms with E-state index in [0.29, 0.717) is 24.5 Å². The van der Waals surface area contributed by atoms with Gasteiger partial charge >= 0.3 is 0 Å². The van der Waals surface area contributed by atoms with Crippen LogP contribution >= 0.6 is 0 Å². The molecule has 0 saturated carbocycles. The van der Waals surface area contributed by atoms with Crippen molar-refractivity contribution in [1.29, 1.82) is 0 Å². The quantitative estimate of drug-likeness (QED) is 0.602. The standard InChI is InChI=1S/C23H27N3O4/c1-25-11-9-17(10-12-25)23(28)26-14-19-8-7-18(22(27)24-29)13-21(19)30-15-20(26)16-5-3-2-4-6-16/h2-8,13,17,20,29H,9-12,14-15H2,1H3,(H,24,27). The first kappa shape index (κ1) is 20.4. The van der Waals surface area contributed by atoms with Crippen molar-refractivity contribution in [2.45, 2.75) is 25.4 Å². The predicted octanol–water partition coefficient (Wildman–Crippen LogP) is 2.61. The molecule has 0 aliphatic carbocycles. The number of carbonyl (C=O) groups excluding carboxylic acids is 2. The van der Waals surface area contributed by atoms with Gasteiger partial charge in [0.05, 0.1) is 12.6 Å². The van der Waals surface area contributed by atoms with Crippen LogP contribution in [-0.4, -0.2) is 53.6 Å². The number of hydroxylamine groups is 1. The maximum atomic E-state index is 13.6. The Hall–Kier alpha value is -2.90. The molecule has 4 rings (SSSR count). The van der Waals surface area contributed by atoms with Gasteiger partial charge in [-0.2, -0.15) is 0 Å². The first-order valence-electron chi connectivity index (χ1n) is 10.3. The van der Waals surface area contributed by atoms with Crippen LogP contribution in [0.4, 0.5) is 0 Å². The molecule has 2 aliphatic heterocycles.